The van der Waals surface area contributed by atoms with Crippen molar-refractivity contribution in [3.63, 3.8) is 0 Å². The highest BCUT2D eigenvalue weighted by Crippen LogP contribution is 1.99. The van der Waals surface area contributed by atoms with Crippen LogP contribution in [-0.4, -0.2) is 13.1 Å². The van der Waals surface area contributed by atoms with Gasteiger partial charge in [0.1, 0.15) is 0 Å². The van der Waals surface area contributed by atoms with Crippen LogP contribution in [-0.2, 0) is 6.42 Å². The third-order valence-electron chi connectivity index (χ3n) is 1.61. The lowest BCUT2D eigenvalue weighted by Gasteiger charge is -2.01. The molecule has 0 fully saturated rings. The lowest BCUT2D eigenvalue weighted by Crippen LogP contribution is -2.20. The second-order valence-electron chi connectivity index (χ2n) is 2.64. The van der Waals surface area contributed by atoms with Gasteiger partial charge in [-0.05, 0) is 12.0 Å². The Morgan fingerprint density at radius 1 is 1.25 bits per heavy atom. The molecule has 2 nitrogen and oxygen atoms in total. The van der Waals surface area contributed by atoms with Gasteiger partial charge in [0, 0.05) is 19.6 Å². The molecule has 65 valence electrons. The summed E-state index contributed by atoms with van der Waals surface area (Å²) in [4.78, 5) is 0. The van der Waals surface area contributed by atoms with Crippen molar-refractivity contribution in [3.8, 4) is 0 Å². The topological polar surface area (TPSA) is 38.0 Å². The van der Waals surface area contributed by atoms with Crippen LogP contribution in [0.4, 0.5) is 0 Å². The van der Waals surface area contributed by atoms with E-state index in [0.717, 1.165) is 13.0 Å². The van der Waals surface area contributed by atoms with Crippen LogP contribution in [0.15, 0.2) is 30.3 Å². The van der Waals surface area contributed by atoms with Crippen molar-refractivity contribution in [1.29, 1.82) is 0 Å². The summed E-state index contributed by atoms with van der Waals surface area (Å²) in [5, 5.41) is 3.13. The molecule has 0 heterocycles. The zero-order valence-electron chi connectivity index (χ0n) is 7.16. The Kier molecular flexibility index (Phi) is 4.42. The van der Waals surface area contributed by atoms with Gasteiger partial charge in [-0.2, -0.15) is 0 Å². The summed E-state index contributed by atoms with van der Waals surface area (Å²) in [6, 6.07) is 10.3. The van der Waals surface area contributed by atoms with Crippen molar-refractivity contribution in [1.82, 2.24) is 5.32 Å². The Bertz CT molecular complexity index is 196. The summed E-state index contributed by atoms with van der Waals surface area (Å²) in [7, 11) is 0. The molecule has 0 amide bonds. The summed E-state index contributed by atoms with van der Waals surface area (Å²) in [6.07, 6.45) is 0.959. The first-order valence-corrected chi connectivity index (χ1v) is 4.22. The number of hydrogen-bond donors (Lipinski definition) is 2. The number of nitrogens with two attached hydrogens (primary N) is 1. The molecule has 3 N–H and O–H groups in total. The Balaban J connectivity index is 2.16. The molecule has 1 aromatic rings. The van der Waals surface area contributed by atoms with Gasteiger partial charge in [-0.15, -0.1) is 0 Å². The highest BCUT2D eigenvalue weighted by atomic mass is 14.9. The van der Waals surface area contributed by atoms with Crippen molar-refractivity contribution in [2.45, 2.75) is 6.42 Å². The van der Waals surface area contributed by atoms with Crippen LogP contribution >= 0.6 is 0 Å². The highest BCUT2D eigenvalue weighted by Gasteiger charge is 1.89. The van der Waals surface area contributed by atoms with Crippen molar-refractivity contribution >= 4 is 0 Å². The summed E-state index contributed by atoms with van der Waals surface area (Å²) in [6.45, 7) is 3.58. The van der Waals surface area contributed by atoms with E-state index in [0.29, 0.717) is 6.54 Å². The number of nitrogens with one attached hydrogen (secondary N) is 1. The van der Waals surface area contributed by atoms with Crippen molar-refractivity contribution in [3.05, 3.63) is 42.4 Å². The Morgan fingerprint density at radius 2 is 2.00 bits per heavy atom. The van der Waals surface area contributed by atoms with E-state index >= 15 is 0 Å². The van der Waals surface area contributed by atoms with E-state index < -0.39 is 0 Å². The Labute approximate surface area is 73.8 Å². The molecule has 0 atom stereocenters. The molecule has 1 rings (SSSR count). The fourth-order valence-corrected chi connectivity index (χ4v) is 0.990. The van der Waals surface area contributed by atoms with Gasteiger partial charge in [-0.1, -0.05) is 30.3 Å². The normalized spacial score (nSPS) is 10.1. The highest BCUT2D eigenvalue weighted by molar-refractivity contribution is 5.15. The van der Waals surface area contributed by atoms with Gasteiger partial charge in [-0.25, -0.2) is 0 Å². The summed E-state index contributed by atoms with van der Waals surface area (Å²) in [5.41, 5.74) is 6.65. The maximum absolute atomic E-state index is 5.33. The SMILES string of the molecule is NCCN[CH]Cc1ccccc1. The lowest BCUT2D eigenvalue weighted by molar-refractivity contribution is 0.766. The second-order valence-corrected chi connectivity index (χ2v) is 2.64. The van der Waals surface area contributed by atoms with Crippen molar-refractivity contribution in [2.75, 3.05) is 13.1 Å². The zero-order valence-corrected chi connectivity index (χ0v) is 7.16. The summed E-state index contributed by atoms with van der Waals surface area (Å²) in [5.74, 6) is 0. The maximum atomic E-state index is 5.33. The fraction of sp³-hybridized carbons (Fsp3) is 0.300. The third-order valence-corrected chi connectivity index (χ3v) is 1.61. The van der Waals surface area contributed by atoms with E-state index in [1.807, 2.05) is 24.7 Å². The predicted molar refractivity (Wildman–Crippen MR) is 51.5 cm³/mol. The monoisotopic (exact) mass is 163 g/mol. The quantitative estimate of drug-likeness (QED) is 0.634. The van der Waals surface area contributed by atoms with Gasteiger partial charge in [0.2, 0.25) is 0 Å². The molecule has 12 heavy (non-hydrogen) atoms. The van der Waals surface area contributed by atoms with Gasteiger partial charge in [-0.3, -0.25) is 0 Å². The molecule has 0 bridgehead atoms. The van der Waals surface area contributed by atoms with Gasteiger partial charge in [0.15, 0.2) is 0 Å². The average Bonchev–Trinajstić information content (AvgIpc) is 2.14. The molecule has 0 aromatic heterocycles. The van der Waals surface area contributed by atoms with Crippen LogP contribution in [0.5, 0.6) is 0 Å². The first-order chi connectivity index (χ1) is 5.93. The van der Waals surface area contributed by atoms with E-state index in [1.54, 1.807) is 0 Å². The van der Waals surface area contributed by atoms with Gasteiger partial charge < -0.3 is 11.1 Å². The molecule has 0 aliphatic heterocycles. The largest absolute Gasteiger partial charge is 0.329 e. The van der Waals surface area contributed by atoms with Crippen molar-refractivity contribution in [2.24, 2.45) is 5.73 Å². The third kappa shape index (κ3) is 3.51. The van der Waals surface area contributed by atoms with E-state index in [1.165, 1.54) is 5.56 Å². The fourth-order valence-electron chi connectivity index (χ4n) is 0.990. The standard InChI is InChI=1S/C10H15N2/c11-7-9-12-8-6-10-4-2-1-3-5-10/h1-5,8,12H,6-7,9,11H2. The zero-order chi connectivity index (χ0) is 8.65. The molecule has 0 saturated heterocycles. The molecular weight excluding hydrogens is 148 g/mol. The van der Waals surface area contributed by atoms with Crippen LogP contribution in [0.1, 0.15) is 5.56 Å². The molecule has 2 heteroatoms. The van der Waals surface area contributed by atoms with Gasteiger partial charge in [0.05, 0.1) is 0 Å². The smallest absolute Gasteiger partial charge is 0.0265 e. The first-order valence-electron chi connectivity index (χ1n) is 4.22. The van der Waals surface area contributed by atoms with Crippen LogP contribution in [0.25, 0.3) is 0 Å². The minimum Gasteiger partial charge on any atom is -0.329 e. The number of benzene rings is 1. The van der Waals surface area contributed by atoms with E-state index in [-0.39, 0.29) is 0 Å². The molecule has 0 aliphatic carbocycles. The summed E-state index contributed by atoms with van der Waals surface area (Å²) >= 11 is 0. The predicted octanol–water partition coefficient (Wildman–Crippen LogP) is 0.939. The number of rotatable bonds is 5. The minimum absolute atomic E-state index is 0.686. The Morgan fingerprint density at radius 3 is 2.67 bits per heavy atom. The van der Waals surface area contributed by atoms with E-state index in [4.69, 9.17) is 5.73 Å². The number of hydrogen-bond acceptors (Lipinski definition) is 2. The van der Waals surface area contributed by atoms with E-state index in [9.17, 15) is 0 Å². The first kappa shape index (κ1) is 9.23. The average molecular weight is 163 g/mol. The van der Waals surface area contributed by atoms with Gasteiger partial charge in [0.25, 0.3) is 0 Å². The van der Waals surface area contributed by atoms with Crippen LogP contribution < -0.4 is 11.1 Å². The maximum Gasteiger partial charge on any atom is 0.0265 e. The molecule has 1 aromatic carbocycles. The summed E-state index contributed by atoms with van der Waals surface area (Å²) < 4.78 is 0. The molecule has 1 radical (unpaired) electrons. The van der Waals surface area contributed by atoms with Crippen molar-refractivity contribution < 1.29 is 0 Å². The molecule has 0 spiro atoms. The molecule has 0 aliphatic rings. The van der Waals surface area contributed by atoms with Gasteiger partial charge >= 0.3 is 0 Å². The Hall–Kier alpha value is -0.860. The van der Waals surface area contributed by atoms with Crippen LogP contribution in [0.3, 0.4) is 0 Å². The second kappa shape index (κ2) is 5.75. The van der Waals surface area contributed by atoms with Crippen LogP contribution in [0, 0.1) is 6.54 Å². The molecular formula is C10H15N2. The minimum atomic E-state index is 0.686. The lowest BCUT2D eigenvalue weighted by atomic mass is 10.1. The van der Waals surface area contributed by atoms with Crippen LogP contribution in [0.2, 0.25) is 0 Å². The van der Waals surface area contributed by atoms with E-state index in [2.05, 4.69) is 17.4 Å². The molecule has 0 saturated carbocycles. The molecule has 0 unspecified atom stereocenters.